The van der Waals surface area contributed by atoms with Crippen molar-refractivity contribution in [2.75, 3.05) is 43.1 Å². The third kappa shape index (κ3) is 3.28. The average molecular weight is 316 g/mol. The fourth-order valence-corrected chi connectivity index (χ4v) is 2.41. The van der Waals surface area contributed by atoms with E-state index < -0.39 is 4.92 Å². The van der Waals surface area contributed by atoms with Crippen LogP contribution < -0.4 is 14.5 Å². The highest BCUT2D eigenvalue weighted by Crippen LogP contribution is 2.19. The van der Waals surface area contributed by atoms with Gasteiger partial charge in [0.05, 0.1) is 12.0 Å². The molecule has 0 N–H and O–H groups in total. The standard InChI is InChI=1S/C14H16N6O3/c1-23-13-4-5-15-14(17-13)19-8-6-18(7-9-19)12-3-2-11(10-16-12)20(21)22/h2-5,10H,6-9H2,1H3. The van der Waals surface area contributed by atoms with Crippen LogP contribution in [0.4, 0.5) is 17.5 Å². The zero-order valence-electron chi connectivity index (χ0n) is 12.6. The first-order valence-electron chi connectivity index (χ1n) is 7.15. The molecule has 2 aromatic rings. The summed E-state index contributed by atoms with van der Waals surface area (Å²) in [5.41, 5.74) is -0.00262. The van der Waals surface area contributed by atoms with E-state index in [1.807, 2.05) is 0 Å². The van der Waals surface area contributed by atoms with Crippen molar-refractivity contribution < 1.29 is 9.66 Å². The summed E-state index contributed by atoms with van der Waals surface area (Å²) < 4.78 is 5.11. The van der Waals surface area contributed by atoms with Crippen LogP contribution in [0.3, 0.4) is 0 Å². The number of ether oxygens (including phenoxy) is 1. The Morgan fingerprint density at radius 1 is 1.13 bits per heavy atom. The highest BCUT2D eigenvalue weighted by Gasteiger charge is 2.20. The number of rotatable bonds is 4. The molecule has 0 unspecified atom stereocenters. The Balaban J connectivity index is 1.64. The molecule has 2 aromatic heterocycles. The molecule has 0 amide bonds. The van der Waals surface area contributed by atoms with Crippen molar-refractivity contribution in [3.05, 3.63) is 40.7 Å². The number of hydrogen-bond donors (Lipinski definition) is 0. The number of nitro groups is 1. The number of piperazine rings is 1. The van der Waals surface area contributed by atoms with Gasteiger partial charge in [-0.2, -0.15) is 4.98 Å². The van der Waals surface area contributed by atoms with Crippen molar-refractivity contribution in [3.63, 3.8) is 0 Å². The van der Waals surface area contributed by atoms with E-state index in [1.54, 1.807) is 25.4 Å². The number of hydrogen-bond acceptors (Lipinski definition) is 8. The van der Waals surface area contributed by atoms with Gasteiger partial charge in [-0.15, -0.1) is 0 Å². The van der Waals surface area contributed by atoms with Gasteiger partial charge >= 0.3 is 0 Å². The van der Waals surface area contributed by atoms with E-state index >= 15 is 0 Å². The summed E-state index contributed by atoms with van der Waals surface area (Å²) in [5.74, 6) is 1.91. The molecule has 1 saturated heterocycles. The first-order chi connectivity index (χ1) is 11.2. The molecule has 0 radical (unpaired) electrons. The first-order valence-corrected chi connectivity index (χ1v) is 7.15. The number of aromatic nitrogens is 3. The largest absolute Gasteiger partial charge is 0.481 e. The molecule has 0 atom stereocenters. The van der Waals surface area contributed by atoms with Gasteiger partial charge in [-0.05, 0) is 6.07 Å². The van der Waals surface area contributed by atoms with E-state index in [1.165, 1.54) is 12.3 Å². The van der Waals surface area contributed by atoms with Crippen LogP contribution in [-0.2, 0) is 0 Å². The van der Waals surface area contributed by atoms with Crippen molar-refractivity contribution in [3.8, 4) is 5.88 Å². The number of methoxy groups -OCH3 is 1. The molecule has 1 aliphatic rings. The summed E-state index contributed by atoms with van der Waals surface area (Å²) >= 11 is 0. The molecule has 23 heavy (non-hydrogen) atoms. The van der Waals surface area contributed by atoms with Gasteiger partial charge in [-0.25, -0.2) is 9.97 Å². The van der Waals surface area contributed by atoms with Gasteiger partial charge in [0.25, 0.3) is 5.69 Å². The summed E-state index contributed by atoms with van der Waals surface area (Å²) in [6, 6.07) is 4.86. The van der Waals surface area contributed by atoms with Crippen molar-refractivity contribution in [2.24, 2.45) is 0 Å². The van der Waals surface area contributed by atoms with Crippen molar-refractivity contribution in [1.29, 1.82) is 0 Å². The third-order valence-corrected chi connectivity index (χ3v) is 3.66. The van der Waals surface area contributed by atoms with E-state index in [0.717, 1.165) is 32.0 Å². The topological polar surface area (TPSA) is 97.5 Å². The lowest BCUT2D eigenvalue weighted by Crippen LogP contribution is -2.47. The van der Waals surface area contributed by atoms with Crippen LogP contribution in [0.25, 0.3) is 0 Å². The van der Waals surface area contributed by atoms with Crippen LogP contribution in [0.5, 0.6) is 5.88 Å². The minimum Gasteiger partial charge on any atom is -0.481 e. The maximum absolute atomic E-state index is 10.7. The van der Waals surface area contributed by atoms with Crippen LogP contribution in [-0.4, -0.2) is 53.2 Å². The molecule has 0 saturated carbocycles. The van der Waals surface area contributed by atoms with Crippen LogP contribution in [0.15, 0.2) is 30.6 Å². The Labute approximate surface area is 132 Å². The molecule has 9 nitrogen and oxygen atoms in total. The van der Waals surface area contributed by atoms with E-state index in [2.05, 4.69) is 24.8 Å². The summed E-state index contributed by atoms with van der Waals surface area (Å²) in [6.45, 7) is 2.97. The fourth-order valence-electron chi connectivity index (χ4n) is 2.41. The molecule has 120 valence electrons. The van der Waals surface area contributed by atoms with Gasteiger partial charge in [-0.1, -0.05) is 0 Å². The molecule has 0 bridgehead atoms. The van der Waals surface area contributed by atoms with Crippen LogP contribution >= 0.6 is 0 Å². The first kappa shape index (κ1) is 14.9. The quantitative estimate of drug-likeness (QED) is 0.611. The Bertz CT molecular complexity index is 685. The molecule has 0 spiro atoms. The number of pyridine rings is 1. The van der Waals surface area contributed by atoms with E-state index in [0.29, 0.717) is 11.8 Å². The molecule has 1 fully saturated rings. The zero-order valence-corrected chi connectivity index (χ0v) is 12.6. The van der Waals surface area contributed by atoms with Crippen LogP contribution in [0.2, 0.25) is 0 Å². The summed E-state index contributed by atoms with van der Waals surface area (Å²) in [5, 5.41) is 10.7. The summed E-state index contributed by atoms with van der Waals surface area (Å²) in [6.07, 6.45) is 2.96. The molecule has 3 heterocycles. The van der Waals surface area contributed by atoms with Crippen LogP contribution in [0, 0.1) is 10.1 Å². The Hall–Kier alpha value is -2.97. The predicted octanol–water partition coefficient (Wildman–Crippen LogP) is 1.11. The summed E-state index contributed by atoms with van der Waals surface area (Å²) in [7, 11) is 1.57. The van der Waals surface area contributed by atoms with Gasteiger partial charge in [-0.3, -0.25) is 10.1 Å². The van der Waals surface area contributed by atoms with Gasteiger partial charge in [0.1, 0.15) is 12.0 Å². The molecular weight excluding hydrogens is 300 g/mol. The summed E-state index contributed by atoms with van der Waals surface area (Å²) in [4.78, 5) is 27.1. The Morgan fingerprint density at radius 2 is 1.87 bits per heavy atom. The van der Waals surface area contributed by atoms with Crippen LogP contribution in [0.1, 0.15) is 0 Å². The van der Waals surface area contributed by atoms with Crippen molar-refractivity contribution >= 4 is 17.5 Å². The van der Waals surface area contributed by atoms with Gasteiger partial charge in [0, 0.05) is 44.5 Å². The molecule has 9 heteroatoms. The fraction of sp³-hybridized carbons (Fsp3) is 0.357. The lowest BCUT2D eigenvalue weighted by Gasteiger charge is -2.35. The van der Waals surface area contributed by atoms with E-state index in [9.17, 15) is 10.1 Å². The van der Waals surface area contributed by atoms with Crippen molar-refractivity contribution in [1.82, 2.24) is 15.0 Å². The molecule has 0 aliphatic carbocycles. The lowest BCUT2D eigenvalue weighted by molar-refractivity contribution is -0.385. The average Bonchev–Trinajstić information content (AvgIpc) is 2.62. The Kier molecular flexibility index (Phi) is 4.18. The highest BCUT2D eigenvalue weighted by molar-refractivity contribution is 5.45. The molecular formula is C14H16N6O3. The van der Waals surface area contributed by atoms with Crippen molar-refractivity contribution in [2.45, 2.75) is 0 Å². The highest BCUT2D eigenvalue weighted by atomic mass is 16.6. The molecule has 0 aromatic carbocycles. The SMILES string of the molecule is COc1ccnc(N2CCN(c3ccc([N+](=O)[O-])cn3)CC2)n1. The lowest BCUT2D eigenvalue weighted by atomic mass is 10.3. The second kappa shape index (κ2) is 6.42. The second-order valence-corrected chi connectivity index (χ2v) is 5.00. The third-order valence-electron chi connectivity index (χ3n) is 3.66. The van der Waals surface area contributed by atoms with E-state index in [-0.39, 0.29) is 5.69 Å². The molecule has 3 rings (SSSR count). The minimum absolute atomic E-state index is 0.00262. The predicted molar refractivity (Wildman–Crippen MR) is 83.9 cm³/mol. The minimum atomic E-state index is -0.450. The zero-order chi connectivity index (χ0) is 16.2. The molecule has 1 aliphatic heterocycles. The number of anilines is 2. The number of nitrogens with zero attached hydrogens (tertiary/aromatic N) is 6. The maximum Gasteiger partial charge on any atom is 0.287 e. The Morgan fingerprint density at radius 3 is 2.48 bits per heavy atom. The smallest absolute Gasteiger partial charge is 0.287 e. The van der Waals surface area contributed by atoms with E-state index in [4.69, 9.17) is 4.74 Å². The monoisotopic (exact) mass is 316 g/mol. The normalized spacial score (nSPS) is 14.7. The second-order valence-electron chi connectivity index (χ2n) is 5.00. The maximum atomic E-state index is 10.7. The van der Waals surface area contributed by atoms with Gasteiger partial charge in [0.2, 0.25) is 11.8 Å². The van der Waals surface area contributed by atoms with Gasteiger partial charge in [0.15, 0.2) is 0 Å². The van der Waals surface area contributed by atoms with Gasteiger partial charge < -0.3 is 14.5 Å².